The molecule has 0 spiro atoms. The Morgan fingerprint density at radius 1 is 0.833 bits per heavy atom. The minimum absolute atomic E-state index is 0.132. The largest absolute Gasteiger partial charge is 0.358 e. The average Bonchev–Trinajstić information content (AvgIpc) is 2.89. The van der Waals surface area contributed by atoms with Crippen molar-refractivity contribution >= 4 is 26.4 Å². The maximum absolute atomic E-state index is 12.2. The highest BCUT2D eigenvalue weighted by molar-refractivity contribution is 7.90. The van der Waals surface area contributed by atoms with E-state index in [-0.39, 0.29) is 4.90 Å². The van der Waals surface area contributed by atoms with E-state index in [1.165, 1.54) is 6.20 Å². The molecule has 0 saturated heterocycles. The quantitative estimate of drug-likeness (QED) is 0.332. The molecule has 0 saturated carbocycles. The van der Waals surface area contributed by atoms with Gasteiger partial charge in [0.1, 0.15) is 5.69 Å². The van der Waals surface area contributed by atoms with Crippen LogP contribution in [0.25, 0.3) is 33.2 Å². The molecule has 180 valence electrons. The van der Waals surface area contributed by atoms with Gasteiger partial charge in [-0.15, -0.1) is 10.2 Å². The molecule has 0 aliphatic rings. The highest BCUT2D eigenvalue weighted by Crippen LogP contribution is 2.38. The van der Waals surface area contributed by atoms with Crippen LogP contribution in [0.4, 0.5) is 5.82 Å². The van der Waals surface area contributed by atoms with Crippen molar-refractivity contribution < 1.29 is 8.42 Å². The van der Waals surface area contributed by atoms with Crippen LogP contribution in [0.2, 0.25) is 0 Å². The fraction of sp³-hybridized carbons (Fsp3) is 0.143. The number of nitrogens with one attached hydrogen (secondary N) is 1. The van der Waals surface area contributed by atoms with Crippen LogP contribution in [-0.4, -0.2) is 34.8 Å². The monoisotopic (exact) mass is 495 g/mol. The summed E-state index contributed by atoms with van der Waals surface area (Å²) in [6.07, 6.45) is 5.88. The Balaban J connectivity index is 1.76. The van der Waals surface area contributed by atoms with E-state index >= 15 is 0 Å². The van der Waals surface area contributed by atoms with Crippen LogP contribution >= 0.6 is 0 Å². The molecule has 0 aliphatic heterocycles. The summed E-state index contributed by atoms with van der Waals surface area (Å²) in [5.41, 5.74) is 3.48. The second-order valence-corrected chi connectivity index (χ2v) is 11.2. The van der Waals surface area contributed by atoms with Crippen molar-refractivity contribution in [2.24, 2.45) is 0 Å². The molecule has 0 aliphatic carbocycles. The van der Waals surface area contributed by atoms with Gasteiger partial charge in [0.2, 0.25) is 0 Å². The maximum Gasteiger partial charge on any atom is 0.177 e. The molecular formula is C28H25N5O2S. The lowest BCUT2D eigenvalue weighted by Crippen LogP contribution is -2.29. The molecule has 0 unspecified atom stereocenters. The molecule has 3 heterocycles. The van der Waals surface area contributed by atoms with Crippen molar-refractivity contribution in [1.82, 2.24) is 20.2 Å². The van der Waals surface area contributed by atoms with Crippen LogP contribution < -0.4 is 5.32 Å². The van der Waals surface area contributed by atoms with Crippen molar-refractivity contribution in [3.8, 4) is 22.4 Å². The Morgan fingerprint density at radius 3 is 2.33 bits per heavy atom. The minimum Gasteiger partial charge on any atom is -0.358 e. The first-order chi connectivity index (χ1) is 17.2. The number of aromatic nitrogens is 4. The van der Waals surface area contributed by atoms with Crippen molar-refractivity contribution in [1.29, 1.82) is 0 Å². The number of hydrogen-bond acceptors (Lipinski definition) is 7. The molecular weight excluding hydrogens is 470 g/mol. The van der Waals surface area contributed by atoms with E-state index in [0.717, 1.165) is 33.8 Å². The SMILES string of the molecule is CC(C)(Nc1nnc(-c2cncc(S(C)(=O)=O)c2)c2cccc(-c3ccccc3)c12)c1ccccn1. The average molecular weight is 496 g/mol. The van der Waals surface area contributed by atoms with Gasteiger partial charge in [0.25, 0.3) is 0 Å². The second kappa shape index (κ2) is 9.13. The van der Waals surface area contributed by atoms with Crippen LogP contribution in [0.5, 0.6) is 0 Å². The van der Waals surface area contributed by atoms with E-state index in [4.69, 9.17) is 0 Å². The predicted octanol–water partition coefficient (Wildman–Crippen LogP) is 5.50. The summed E-state index contributed by atoms with van der Waals surface area (Å²) in [4.78, 5) is 8.83. The molecule has 0 amide bonds. The van der Waals surface area contributed by atoms with Crippen molar-refractivity contribution in [2.45, 2.75) is 24.3 Å². The Bertz CT molecular complexity index is 1650. The fourth-order valence-electron chi connectivity index (χ4n) is 4.21. The molecule has 0 bridgehead atoms. The van der Waals surface area contributed by atoms with Crippen LogP contribution in [0.15, 0.2) is 96.3 Å². The van der Waals surface area contributed by atoms with Gasteiger partial charge in [0.15, 0.2) is 15.7 Å². The first-order valence-corrected chi connectivity index (χ1v) is 13.3. The second-order valence-electron chi connectivity index (χ2n) is 9.14. The Hall–Kier alpha value is -4.17. The lowest BCUT2D eigenvalue weighted by molar-refractivity contribution is 0.584. The number of fused-ring (bicyclic) bond motifs is 1. The van der Waals surface area contributed by atoms with Gasteiger partial charge in [-0.1, -0.05) is 54.6 Å². The number of benzene rings is 2. The number of nitrogens with zero attached hydrogens (tertiary/aromatic N) is 4. The summed E-state index contributed by atoms with van der Waals surface area (Å²) in [7, 11) is -3.43. The zero-order valence-corrected chi connectivity index (χ0v) is 21.0. The van der Waals surface area contributed by atoms with Crippen LogP contribution in [0, 0.1) is 0 Å². The number of rotatable bonds is 6. The smallest absolute Gasteiger partial charge is 0.177 e. The summed E-state index contributed by atoms with van der Waals surface area (Å²) in [5.74, 6) is 0.607. The molecule has 0 atom stereocenters. The number of hydrogen-bond donors (Lipinski definition) is 1. The molecule has 3 aromatic heterocycles. The van der Waals surface area contributed by atoms with Crippen molar-refractivity contribution in [2.75, 3.05) is 11.6 Å². The van der Waals surface area contributed by atoms with Gasteiger partial charge in [-0.2, -0.15) is 0 Å². The molecule has 5 rings (SSSR count). The third-order valence-corrected chi connectivity index (χ3v) is 7.12. The van der Waals surface area contributed by atoms with Crippen LogP contribution in [0.1, 0.15) is 19.5 Å². The Labute approximate surface area is 210 Å². The van der Waals surface area contributed by atoms with E-state index in [9.17, 15) is 8.42 Å². The summed E-state index contributed by atoms with van der Waals surface area (Å²) < 4.78 is 24.3. The van der Waals surface area contributed by atoms with E-state index in [0.29, 0.717) is 17.1 Å². The normalized spacial score (nSPS) is 12.0. The number of pyridine rings is 2. The maximum atomic E-state index is 12.2. The summed E-state index contributed by atoms with van der Waals surface area (Å²) >= 11 is 0. The highest BCUT2D eigenvalue weighted by atomic mass is 32.2. The lowest BCUT2D eigenvalue weighted by Gasteiger charge is -2.27. The van der Waals surface area contributed by atoms with Gasteiger partial charge in [-0.05, 0) is 43.2 Å². The van der Waals surface area contributed by atoms with E-state index < -0.39 is 15.4 Å². The minimum atomic E-state index is -3.43. The first-order valence-electron chi connectivity index (χ1n) is 11.4. The number of anilines is 1. The van der Waals surface area contributed by atoms with Gasteiger partial charge >= 0.3 is 0 Å². The zero-order chi connectivity index (χ0) is 25.3. The predicted molar refractivity (Wildman–Crippen MR) is 142 cm³/mol. The first kappa shape index (κ1) is 23.6. The van der Waals surface area contributed by atoms with Gasteiger partial charge in [-0.3, -0.25) is 9.97 Å². The molecule has 0 fully saturated rings. The molecule has 7 nitrogen and oxygen atoms in total. The molecule has 1 N–H and O–H groups in total. The van der Waals surface area contributed by atoms with Gasteiger partial charge in [0, 0.05) is 41.2 Å². The molecule has 5 aromatic rings. The number of sulfone groups is 1. The van der Waals surface area contributed by atoms with Gasteiger partial charge in [0.05, 0.1) is 16.1 Å². The van der Waals surface area contributed by atoms with Gasteiger partial charge < -0.3 is 5.32 Å². The molecule has 36 heavy (non-hydrogen) atoms. The lowest BCUT2D eigenvalue weighted by atomic mass is 9.95. The summed E-state index contributed by atoms with van der Waals surface area (Å²) in [6.45, 7) is 4.09. The highest BCUT2D eigenvalue weighted by Gasteiger charge is 2.25. The molecule has 2 aromatic carbocycles. The van der Waals surface area contributed by atoms with Crippen molar-refractivity contribution in [3.05, 3.63) is 97.1 Å². The van der Waals surface area contributed by atoms with E-state index in [2.05, 4.69) is 25.5 Å². The fourth-order valence-corrected chi connectivity index (χ4v) is 4.80. The standard InChI is InChI=1S/C28H25N5O2S/c1-28(2,24-14-7-8-15-30-24)31-27-25-22(19-10-5-4-6-11-19)12-9-13-23(25)26(32-33-27)20-16-21(18-29-17-20)36(3,34)35/h4-18H,1-3H3,(H,31,33). The topological polar surface area (TPSA) is 97.7 Å². The van der Waals surface area contributed by atoms with E-state index in [1.54, 1.807) is 18.5 Å². The van der Waals surface area contributed by atoms with Gasteiger partial charge in [-0.25, -0.2) is 8.42 Å². The third-order valence-electron chi connectivity index (χ3n) is 6.04. The molecule has 8 heteroatoms. The summed E-state index contributed by atoms with van der Waals surface area (Å²) in [6, 6.07) is 23.5. The zero-order valence-electron chi connectivity index (χ0n) is 20.2. The Morgan fingerprint density at radius 2 is 1.61 bits per heavy atom. The van der Waals surface area contributed by atoms with E-state index in [1.807, 2.05) is 80.6 Å². The Kier molecular flexibility index (Phi) is 5.97. The summed E-state index contributed by atoms with van der Waals surface area (Å²) in [5, 5.41) is 14.4. The third kappa shape index (κ3) is 4.55. The van der Waals surface area contributed by atoms with Crippen molar-refractivity contribution in [3.63, 3.8) is 0 Å². The van der Waals surface area contributed by atoms with Crippen LogP contribution in [-0.2, 0) is 15.4 Å². The van der Waals surface area contributed by atoms with Crippen LogP contribution in [0.3, 0.4) is 0 Å². The molecule has 0 radical (unpaired) electrons.